The molecule has 2 rings (SSSR count). The number of ether oxygens (including phenoxy) is 1. The summed E-state index contributed by atoms with van der Waals surface area (Å²) in [4.78, 5) is 4.20. The fraction of sp³-hybridized carbons (Fsp3) is 0.182. The highest BCUT2D eigenvalue weighted by Crippen LogP contribution is 2.29. The molecule has 0 amide bonds. The van der Waals surface area contributed by atoms with E-state index in [1.807, 2.05) is 19.1 Å². The van der Waals surface area contributed by atoms with Gasteiger partial charge in [-0.1, -0.05) is 11.6 Å². The van der Waals surface area contributed by atoms with Crippen molar-refractivity contribution in [3.63, 3.8) is 0 Å². The summed E-state index contributed by atoms with van der Waals surface area (Å²) in [6, 6.07) is 5.46. The third-order valence-electron chi connectivity index (χ3n) is 2.33. The predicted octanol–water partition coefficient (Wildman–Crippen LogP) is 2.79. The Morgan fingerprint density at radius 3 is 2.73 bits per heavy atom. The fourth-order valence-electron chi connectivity index (χ4n) is 1.57. The highest BCUT2D eigenvalue weighted by atomic mass is 35.5. The van der Waals surface area contributed by atoms with Gasteiger partial charge in [-0.15, -0.1) is 0 Å². The van der Waals surface area contributed by atoms with E-state index in [9.17, 15) is 0 Å². The van der Waals surface area contributed by atoms with Gasteiger partial charge in [-0.05, 0) is 24.6 Å². The van der Waals surface area contributed by atoms with Crippen LogP contribution in [0.5, 0.6) is 5.75 Å². The number of benzene rings is 1. The van der Waals surface area contributed by atoms with E-state index in [4.69, 9.17) is 22.1 Å². The lowest BCUT2D eigenvalue weighted by Crippen LogP contribution is -1.94. The van der Waals surface area contributed by atoms with Crippen LogP contribution in [0.25, 0.3) is 10.9 Å². The third kappa shape index (κ3) is 1.70. The summed E-state index contributed by atoms with van der Waals surface area (Å²) < 4.78 is 5.15. The molecule has 0 saturated carbocycles. The predicted molar refractivity (Wildman–Crippen MR) is 62.5 cm³/mol. The molecule has 0 aliphatic rings. The first-order valence-electron chi connectivity index (χ1n) is 4.52. The molecular formula is C11H11ClN2O. The summed E-state index contributed by atoms with van der Waals surface area (Å²) in [5.41, 5.74) is 8.21. The zero-order valence-electron chi connectivity index (χ0n) is 8.54. The van der Waals surface area contributed by atoms with Crippen molar-refractivity contribution < 1.29 is 4.74 Å². The van der Waals surface area contributed by atoms with Crippen LogP contribution in [0.15, 0.2) is 18.2 Å². The number of nitrogens with zero attached hydrogens (tertiary/aromatic N) is 1. The molecular weight excluding hydrogens is 212 g/mol. The number of aromatic nitrogens is 1. The van der Waals surface area contributed by atoms with E-state index in [1.54, 1.807) is 13.2 Å². The number of nitrogen functional groups attached to an aromatic ring is 1. The van der Waals surface area contributed by atoms with Crippen molar-refractivity contribution in [1.29, 1.82) is 0 Å². The van der Waals surface area contributed by atoms with Gasteiger partial charge in [0, 0.05) is 11.5 Å². The van der Waals surface area contributed by atoms with E-state index in [-0.39, 0.29) is 0 Å². The van der Waals surface area contributed by atoms with Crippen LogP contribution in [0.3, 0.4) is 0 Å². The van der Waals surface area contributed by atoms with E-state index in [0.29, 0.717) is 10.8 Å². The molecule has 78 valence electrons. The Kier molecular flexibility index (Phi) is 2.40. The number of nitrogens with two attached hydrogens (primary N) is 1. The van der Waals surface area contributed by atoms with Crippen LogP contribution in [-0.4, -0.2) is 12.1 Å². The van der Waals surface area contributed by atoms with Crippen LogP contribution in [0.4, 0.5) is 5.69 Å². The molecule has 0 radical (unpaired) electrons. The molecule has 0 spiro atoms. The summed E-state index contributed by atoms with van der Waals surface area (Å²) in [7, 11) is 1.61. The number of fused-ring (bicyclic) bond motifs is 1. The van der Waals surface area contributed by atoms with Gasteiger partial charge in [-0.25, -0.2) is 4.98 Å². The molecule has 0 unspecified atom stereocenters. The SMILES string of the molecule is COc1cc(N)c2nc(Cl)cc(C)c2c1. The Morgan fingerprint density at radius 1 is 1.33 bits per heavy atom. The zero-order valence-corrected chi connectivity index (χ0v) is 9.30. The molecule has 2 N–H and O–H groups in total. The normalized spacial score (nSPS) is 10.6. The molecule has 1 aromatic heterocycles. The van der Waals surface area contributed by atoms with E-state index in [2.05, 4.69) is 4.98 Å². The van der Waals surface area contributed by atoms with Crippen LogP contribution in [0.2, 0.25) is 5.15 Å². The van der Waals surface area contributed by atoms with Gasteiger partial charge < -0.3 is 10.5 Å². The molecule has 0 fully saturated rings. The van der Waals surface area contributed by atoms with Crippen molar-refractivity contribution in [2.24, 2.45) is 0 Å². The van der Waals surface area contributed by atoms with Gasteiger partial charge in [0.1, 0.15) is 10.9 Å². The minimum atomic E-state index is 0.455. The van der Waals surface area contributed by atoms with Gasteiger partial charge in [0.15, 0.2) is 0 Å². The lowest BCUT2D eigenvalue weighted by Gasteiger charge is -2.08. The van der Waals surface area contributed by atoms with Gasteiger partial charge in [-0.2, -0.15) is 0 Å². The Balaban J connectivity index is 2.85. The molecule has 0 saturated heterocycles. The van der Waals surface area contributed by atoms with Gasteiger partial charge >= 0.3 is 0 Å². The molecule has 1 aromatic carbocycles. The molecule has 0 aliphatic carbocycles. The first kappa shape index (κ1) is 10.1. The number of methoxy groups -OCH3 is 1. The van der Waals surface area contributed by atoms with Crippen LogP contribution < -0.4 is 10.5 Å². The Morgan fingerprint density at radius 2 is 2.07 bits per heavy atom. The van der Waals surface area contributed by atoms with Crippen molar-refractivity contribution in [1.82, 2.24) is 4.98 Å². The number of hydrogen-bond acceptors (Lipinski definition) is 3. The molecule has 4 heteroatoms. The highest BCUT2D eigenvalue weighted by Gasteiger charge is 2.07. The second-order valence-corrected chi connectivity index (χ2v) is 3.76. The van der Waals surface area contributed by atoms with Gasteiger partial charge in [0.2, 0.25) is 0 Å². The lowest BCUT2D eigenvalue weighted by molar-refractivity contribution is 0.415. The van der Waals surface area contributed by atoms with Gasteiger partial charge in [0.05, 0.1) is 18.3 Å². The molecule has 1 heterocycles. The standard InChI is InChI=1S/C11H11ClN2O/c1-6-3-10(12)14-11-8(6)4-7(15-2)5-9(11)13/h3-5H,13H2,1-2H3. The largest absolute Gasteiger partial charge is 0.497 e. The number of halogens is 1. The monoisotopic (exact) mass is 222 g/mol. The van der Waals surface area contributed by atoms with Gasteiger partial charge in [-0.3, -0.25) is 0 Å². The van der Waals surface area contributed by atoms with Crippen molar-refractivity contribution in [3.8, 4) is 5.75 Å². The summed E-state index contributed by atoms with van der Waals surface area (Å²) in [5.74, 6) is 0.729. The Bertz CT molecular complexity index is 525. The van der Waals surface area contributed by atoms with E-state index < -0.39 is 0 Å². The van der Waals surface area contributed by atoms with Crippen LogP contribution in [0, 0.1) is 6.92 Å². The number of rotatable bonds is 1. The maximum absolute atomic E-state index is 5.87. The summed E-state index contributed by atoms with van der Waals surface area (Å²) in [6.07, 6.45) is 0. The van der Waals surface area contributed by atoms with E-state index in [0.717, 1.165) is 22.2 Å². The molecule has 2 aromatic rings. The fourth-order valence-corrected chi connectivity index (χ4v) is 1.82. The Hall–Kier alpha value is -1.48. The van der Waals surface area contributed by atoms with Crippen LogP contribution in [0.1, 0.15) is 5.56 Å². The topological polar surface area (TPSA) is 48.1 Å². The molecule has 0 bridgehead atoms. The zero-order chi connectivity index (χ0) is 11.0. The smallest absolute Gasteiger partial charge is 0.130 e. The van der Waals surface area contributed by atoms with Crippen molar-refractivity contribution in [3.05, 3.63) is 28.9 Å². The Labute approximate surface area is 92.8 Å². The molecule has 3 nitrogen and oxygen atoms in total. The minimum absolute atomic E-state index is 0.455. The number of anilines is 1. The average Bonchev–Trinajstić information content (AvgIpc) is 2.19. The number of hydrogen-bond donors (Lipinski definition) is 1. The second-order valence-electron chi connectivity index (χ2n) is 3.37. The average molecular weight is 223 g/mol. The summed E-state index contributed by atoms with van der Waals surface area (Å²) >= 11 is 5.87. The minimum Gasteiger partial charge on any atom is -0.497 e. The van der Waals surface area contributed by atoms with Crippen LogP contribution in [-0.2, 0) is 0 Å². The molecule has 15 heavy (non-hydrogen) atoms. The number of aryl methyl sites for hydroxylation is 1. The quantitative estimate of drug-likeness (QED) is 0.596. The van der Waals surface area contributed by atoms with Crippen LogP contribution >= 0.6 is 11.6 Å². The summed E-state index contributed by atoms with van der Waals surface area (Å²) in [6.45, 7) is 1.97. The van der Waals surface area contributed by atoms with E-state index in [1.165, 1.54) is 0 Å². The summed E-state index contributed by atoms with van der Waals surface area (Å²) in [5, 5.41) is 1.42. The highest BCUT2D eigenvalue weighted by molar-refractivity contribution is 6.30. The molecule has 0 atom stereocenters. The first-order valence-corrected chi connectivity index (χ1v) is 4.90. The van der Waals surface area contributed by atoms with E-state index >= 15 is 0 Å². The number of pyridine rings is 1. The van der Waals surface area contributed by atoms with Crippen molar-refractivity contribution in [2.45, 2.75) is 6.92 Å². The van der Waals surface area contributed by atoms with Crippen molar-refractivity contribution >= 4 is 28.2 Å². The third-order valence-corrected chi connectivity index (χ3v) is 2.52. The maximum Gasteiger partial charge on any atom is 0.130 e. The van der Waals surface area contributed by atoms with Gasteiger partial charge in [0.25, 0.3) is 0 Å². The second kappa shape index (κ2) is 3.59. The first-order chi connectivity index (χ1) is 7.11. The lowest BCUT2D eigenvalue weighted by atomic mass is 10.1. The molecule has 0 aliphatic heterocycles. The van der Waals surface area contributed by atoms with Crippen molar-refractivity contribution in [2.75, 3.05) is 12.8 Å². The maximum atomic E-state index is 5.87.